The third-order valence-electron chi connectivity index (χ3n) is 3.45. The van der Waals surface area contributed by atoms with Crippen LogP contribution in [0.25, 0.3) is 0 Å². The predicted molar refractivity (Wildman–Crippen MR) is 83.8 cm³/mol. The van der Waals surface area contributed by atoms with Gasteiger partial charge in [0.05, 0.1) is 17.7 Å². The van der Waals surface area contributed by atoms with Gasteiger partial charge in [-0.15, -0.1) is 0 Å². The van der Waals surface area contributed by atoms with Gasteiger partial charge in [-0.3, -0.25) is 0 Å². The van der Waals surface area contributed by atoms with Gasteiger partial charge in [0.1, 0.15) is 11.6 Å². The molecule has 0 saturated carbocycles. The second-order valence-electron chi connectivity index (χ2n) is 4.73. The Bertz CT molecular complexity index is 604. The van der Waals surface area contributed by atoms with Gasteiger partial charge in [0, 0.05) is 12.5 Å². The van der Waals surface area contributed by atoms with Crippen molar-refractivity contribution in [1.29, 1.82) is 0 Å². The summed E-state index contributed by atoms with van der Waals surface area (Å²) in [5, 5.41) is 10.6. The van der Waals surface area contributed by atoms with Crippen molar-refractivity contribution < 1.29 is 14.2 Å². The molecule has 2 aromatic carbocycles. The van der Waals surface area contributed by atoms with Gasteiger partial charge in [0.2, 0.25) is 0 Å². The van der Waals surface area contributed by atoms with Crippen molar-refractivity contribution in [2.75, 3.05) is 13.7 Å². The molecular formula is C16H17BrFNO2. The van der Waals surface area contributed by atoms with Crippen molar-refractivity contribution >= 4 is 15.9 Å². The molecule has 0 radical (unpaired) electrons. The maximum Gasteiger partial charge on any atom is 0.133 e. The van der Waals surface area contributed by atoms with Crippen LogP contribution < -0.4 is 10.5 Å². The fraction of sp³-hybridized carbons (Fsp3) is 0.250. The zero-order valence-electron chi connectivity index (χ0n) is 11.6. The Morgan fingerprint density at radius 3 is 2.33 bits per heavy atom. The monoisotopic (exact) mass is 353 g/mol. The molecule has 3 N–H and O–H groups in total. The maximum absolute atomic E-state index is 13.0. The molecule has 3 nitrogen and oxygen atoms in total. The zero-order chi connectivity index (χ0) is 15.4. The fourth-order valence-electron chi connectivity index (χ4n) is 2.26. The van der Waals surface area contributed by atoms with Gasteiger partial charge in [-0.1, -0.05) is 18.2 Å². The van der Waals surface area contributed by atoms with E-state index in [9.17, 15) is 9.50 Å². The van der Waals surface area contributed by atoms with E-state index in [2.05, 4.69) is 15.9 Å². The first-order valence-electron chi connectivity index (χ1n) is 6.54. The minimum atomic E-state index is -0.775. The number of aliphatic hydroxyl groups is 1. The Labute approximate surface area is 131 Å². The maximum atomic E-state index is 13.0. The minimum Gasteiger partial charge on any atom is -0.496 e. The number of hydrogen-bond donors (Lipinski definition) is 2. The summed E-state index contributed by atoms with van der Waals surface area (Å²) in [5.41, 5.74) is 7.31. The summed E-state index contributed by atoms with van der Waals surface area (Å²) in [4.78, 5) is 0. The Hall–Kier alpha value is -1.43. The van der Waals surface area contributed by atoms with Gasteiger partial charge in [-0.05, 0) is 51.3 Å². The van der Waals surface area contributed by atoms with Crippen LogP contribution in [0.3, 0.4) is 0 Å². The molecule has 21 heavy (non-hydrogen) atoms. The molecule has 0 saturated heterocycles. The van der Waals surface area contributed by atoms with Gasteiger partial charge in [-0.25, -0.2) is 4.39 Å². The highest BCUT2D eigenvalue weighted by Gasteiger charge is 2.22. The molecule has 0 amide bonds. The first kappa shape index (κ1) is 15.9. The van der Waals surface area contributed by atoms with E-state index in [1.54, 1.807) is 37.4 Å². The predicted octanol–water partition coefficient (Wildman–Crippen LogP) is 3.37. The van der Waals surface area contributed by atoms with E-state index in [0.29, 0.717) is 5.75 Å². The first-order valence-corrected chi connectivity index (χ1v) is 7.33. The van der Waals surface area contributed by atoms with Gasteiger partial charge in [0.25, 0.3) is 0 Å². The topological polar surface area (TPSA) is 55.5 Å². The number of rotatable bonds is 5. The third-order valence-corrected chi connectivity index (χ3v) is 4.07. The minimum absolute atomic E-state index is 0.260. The molecule has 0 heterocycles. The van der Waals surface area contributed by atoms with Gasteiger partial charge in [-0.2, -0.15) is 0 Å². The lowest BCUT2D eigenvalue weighted by atomic mass is 9.89. The third kappa shape index (κ3) is 3.61. The lowest BCUT2D eigenvalue weighted by Gasteiger charge is -2.23. The van der Waals surface area contributed by atoms with Gasteiger partial charge >= 0.3 is 0 Å². The van der Waals surface area contributed by atoms with E-state index in [0.717, 1.165) is 15.6 Å². The summed E-state index contributed by atoms with van der Waals surface area (Å²) < 4.78 is 18.9. The first-order chi connectivity index (χ1) is 10.1. The average molecular weight is 354 g/mol. The standard InChI is InChI=1S/C16H17BrFNO2/c1-21-15-7-4-11(8-14(15)17)16(20)13(9-19)10-2-5-12(18)6-3-10/h2-8,13,16,20H,9,19H2,1H3. The van der Waals surface area contributed by atoms with E-state index in [4.69, 9.17) is 10.5 Å². The van der Waals surface area contributed by atoms with Crippen molar-refractivity contribution in [2.45, 2.75) is 12.0 Å². The molecule has 5 heteroatoms. The number of hydrogen-bond acceptors (Lipinski definition) is 3. The van der Waals surface area contributed by atoms with Crippen LogP contribution in [0.5, 0.6) is 5.75 Å². The van der Waals surface area contributed by atoms with Crippen LogP contribution in [0.15, 0.2) is 46.9 Å². The molecule has 0 aliphatic carbocycles. The van der Waals surface area contributed by atoms with E-state index in [-0.39, 0.29) is 18.3 Å². The second kappa shape index (κ2) is 7.02. The van der Waals surface area contributed by atoms with Crippen LogP contribution in [0.4, 0.5) is 4.39 Å². The highest BCUT2D eigenvalue weighted by molar-refractivity contribution is 9.10. The molecule has 0 spiro atoms. The fourth-order valence-corrected chi connectivity index (χ4v) is 2.81. The SMILES string of the molecule is COc1ccc(C(O)C(CN)c2ccc(F)cc2)cc1Br. The van der Waals surface area contributed by atoms with E-state index < -0.39 is 6.10 Å². The molecule has 2 rings (SSSR count). The van der Waals surface area contributed by atoms with Crippen LogP contribution in [-0.4, -0.2) is 18.8 Å². The van der Waals surface area contributed by atoms with Crippen LogP contribution in [0.1, 0.15) is 23.1 Å². The molecule has 2 atom stereocenters. The van der Waals surface area contributed by atoms with Crippen molar-refractivity contribution in [3.8, 4) is 5.75 Å². The number of aliphatic hydroxyl groups excluding tert-OH is 1. The smallest absolute Gasteiger partial charge is 0.133 e. The summed E-state index contributed by atoms with van der Waals surface area (Å²) in [6.45, 7) is 0.260. The summed E-state index contributed by atoms with van der Waals surface area (Å²) in [6.07, 6.45) is -0.775. The number of nitrogens with two attached hydrogens (primary N) is 1. The van der Waals surface area contributed by atoms with Crippen LogP contribution in [-0.2, 0) is 0 Å². The van der Waals surface area contributed by atoms with E-state index in [1.807, 2.05) is 0 Å². The van der Waals surface area contributed by atoms with Crippen LogP contribution in [0, 0.1) is 5.82 Å². The Kier molecular flexibility index (Phi) is 5.33. The molecule has 0 aliphatic heterocycles. The summed E-state index contributed by atoms with van der Waals surface area (Å²) in [6, 6.07) is 11.4. The molecule has 2 unspecified atom stereocenters. The molecule has 0 bridgehead atoms. The second-order valence-corrected chi connectivity index (χ2v) is 5.59. The Morgan fingerprint density at radius 1 is 1.19 bits per heavy atom. The largest absolute Gasteiger partial charge is 0.496 e. The van der Waals surface area contributed by atoms with E-state index >= 15 is 0 Å². The van der Waals surface area contributed by atoms with Crippen LogP contribution >= 0.6 is 15.9 Å². The number of ether oxygens (including phenoxy) is 1. The Morgan fingerprint density at radius 2 is 1.81 bits per heavy atom. The summed E-state index contributed by atoms with van der Waals surface area (Å²) >= 11 is 3.40. The van der Waals surface area contributed by atoms with Crippen molar-refractivity contribution in [3.63, 3.8) is 0 Å². The van der Waals surface area contributed by atoms with Crippen molar-refractivity contribution in [2.24, 2.45) is 5.73 Å². The lowest BCUT2D eigenvalue weighted by Crippen LogP contribution is -2.20. The van der Waals surface area contributed by atoms with Gasteiger partial charge in [0.15, 0.2) is 0 Å². The molecule has 0 fully saturated rings. The lowest BCUT2D eigenvalue weighted by molar-refractivity contribution is 0.147. The normalized spacial score (nSPS) is 13.8. The number of methoxy groups -OCH3 is 1. The van der Waals surface area contributed by atoms with Crippen LogP contribution in [0.2, 0.25) is 0 Å². The zero-order valence-corrected chi connectivity index (χ0v) is 13.2. The summed E-state index contributed by atoms with van der Waals surface area (Å²) in [5.74, 6) is 0.0825. The van der Waals surface area contributed by atoms with Gasteiger partial charge < -0.3 is 15.6 Å². The molecule has 0 aromatic heterocycles. The average Bonchev–Trinajstić information content (AvgIpc) is 2.49. The number of benzene rings is 2. The highest BCUT2D eigenvalue weighted by atomic mass is 79.9. The number of halogens is 2. The quantitative estimate of drug-likeness (QED) is 0.866. The molecule has 2 aromatic rings. The van der Waals surface area contributed by atoms with Crippen molar-refractivity contribution in [3.05, 3.63) is 63.9 Å². The Balaban J connectivity index is 2.29. The van der Waals surface area contributed by atoms with Crippen molar-refractivity contribution in [1.82, 2.24) is 0 Å². The molecule has 112 valence electrons. The highest BCUT2D eigenvalue weighted by Crippen LogP contribution is 2.34. The summed E-state index contributed by atoms with van der Waals surface area (Å²) in [7, 11) is 1.58. The molecular weight excluding hydrogens is 337 g/mol. The van der Waals surface area contributed by atoms with E-state index in [1.165, 1.54) is 12.1 Å². The molecule has 0 aliphatic rings.